The van der Waals surface area contributed by atoms with Crippen LogP contribution in [0.25, 0.3) is 0 Å². The Balaban J connectivity index is 0.000000810. The van der Waals surface area contributed by atoms with Gasteiger partial charge in [-0.3, -0.25) is 0 Å². The van der Waals surface area contributed by atoms with E-state index in [2.05, 4.69) is 19.0 Å². The first kappa shape index (κ1) is 11.3. The maximum Gasteiger partial charge on any atom is 0.0288 e. The van der Waals surface area contributed by atoms with Gasteiger partial charge >= 0.3 is 0 Å². The minimum Gasteiger partial charge on any atom is -0.305 e. The molecule has 0 aliphatic carbocycles. The van der Waals surface area contributed by atoms with Gasteiger partial charge in [-0.2, -0.15) is 0 Å². The third kappa shape index (κ3) is 3.62. The van der Waals surface area contributed by atoms with E-state index in [0.29, 0.717) is 0 Å². The summed E-state index contributed by atoms with van der Waals surface area (Å²) in [6, 6.07) is 0.793. The molecule has 1 saturated heterocycles. The van der Waals surface area contributed by atoms with Crippen LogP contribution in [0.1, 0.15) is 0 Å². The molecule has 1 aliphatic heterocycles. The zero-order chi connectivity index (χ0) is 6.69. The van der Waals surface area contributed by atoms with E-state index in [1.165, 1.54) is 11.5 Å². The Kier molecular flexibility index (Phi) is 6.65. The van der Waals surface area contributed by atoms with Gasteiger partial charge < -0.3 is 4.90 Å². The number of hydrogen-bond acceptors (Lipinski definition) is 4. The van der Waals surface area contributed by atoms with E-state index in [-0.39, 0.29) is 12.4 Å². The van der Waals surface area contributed by atoms with Gasteiger partial charge in [0, 0.05) is 17.5 Å². The van der Waals surface area contributed by atoms with E-state index in [1.807, 2.05) is 31.4 Å². The zero-order valence-corrected chi connectivity index (χ0v) is 9.34. The number of nitrogens with zero attached hydrogens (tertiary/aromatic N) is 1. The highest BCUT2D eigenvalue weighted by Gasteiger charge is 2.15. The summed E-state index contributed by atoms with van der Waals surface area (Å²) in [5.41, 5.74) is 0. The lowest BCUT2D eigenvalue weighted by Crippen LogP contribution is -2.33. The van der Waals surface area contributed by atoms with Crippen LogP contribution in [0.4, 0.5) is 0 Å². The van der Waals surface area contributed by atoms with Gasteiger partial charge in [-0.05, 0) is 23.9 Å². The number of halogens is 1. The second-order valence-corrected chi connectivity index (χ2v) is 6.58. The minimum atomic E-state index is 0. The molecule has 1 aliphatic rings. The number of hydrogen-bond donors (Lipinski definition) is 0. The molecule has 0 spiro atoms. The van der Waals surface area contributed by atoms with Gasteiger partial charge in [-0.25, -0.2) is 0 Å². The summed E-state index contributed by atoms with van der Waals surface area (Å²) in [6.07, 6.45) is 0. The van der Waals surface area contributed by atoms with E-state index >= 15 is 0 Å². The molecule has 62 valence electrons. The predicted octanol–water partition coefficient (Wildman–Crippen LogP) is 2.38. The summed E-state index contributed by atoms with van der Waals surface area (Å²) in [5, 5.41) is 0. The predicted molar refractivity (Wildman–Crippen MR) is 57.2 cm³/mol. The van der Waals surface area contributed by atoms with Gasteiger partial charge in [0.2, 0.25) is 0 Å². The second kappa shape index (κ2) is 5.89. The summed E-state index contributed by atoms with van der Waals surface area (Å²) in [4.78, 5) is 2.31. The Bertz CT molecular complexity index is 85.0. The first-order chi connectivity index (χ1) is 4.30. The first-order valence-corrected chi connectivity index (χ1v) is 6.70. The van der Waals surface area contributed by atoms with Crippen molar-refractivity contribution in [3.63, 3.8) is 0 Å². The monoisotopic (exact) mass is 217 g/mol. The Labute approximate surface area is 80.3 Å². The van der Waals surface area contributed by atoms with E-state index in [1.54, 1.807) is 0 Å². The van der Waals surface area contributed by atoms with Crippen LogP contribution >= 0.6 is 43.8 Å². The van der Waals surface area contributed by atoms with Crippen molar-refractivity contribution in [2.24, 2.45) is 0 Å². The van der Waals surface area contributed by atoms with Crippen molar-refractivity contribution in [2.75, 3.05) is 25.6 Å². The van der Waals surface area contributed by atoms with Crippen molar-refractivity contribution < 1.29 is 0 Å². The SMILES string of the molecule is CN(C)C1CSSSC1.Cl. The van der Waals surface area contributed by atoms with Crippen LogP contribution in [0.3, 0.4) is 0 Å². The van der Waals surface area contributed by atoms with Crippen molar-refractivity contribution in [1.82, 2.24) is 4.90 Å². The highest BCUT2D eigenvalue weighted by atomic mass is 35.5. The summed E-state index contributed by atoms with van der Waals surface area (Å²) in [6.45, 7) is 0. The van der Waals surface area contributed by atoms with Crippen molar-refractivity contribution in [3.05, 3.63) is 0 Å². The molecule has 0 unspecified atom stereocenters. The third-order valence-electron chi connectivity index (χ3n) is 1.35. The molecule has 0 atom stereocenters. The highest BCUT2D eigenvalue weighted by molar-refractivity contribution is 9.09. The zero-order valence-electron chi connectivity index (χ0n) is 6.07. The Morgan fingerprint density at radius 3 is 2.00 bits per heavy atom. The Morgan fingerprint density at radius 1 is 1.20 bits per heavy atom. The van der Waals surface area contributed by atoms with Crippen LogP contribution in [0.2, 0.25) is 0 Å². The lowest BCUT2D eigenvalue weighted by atomic mass is 10.4. The van der Waals surface area contributed by atoms with E-state index in [4.69, 9.17) is 0 Å². The Hall–Kier alpha value is 1.30. The fourth-order valence-corrected chi connectivity index (χ4v) is 5.16. The first-order valence-electron chi connectivity index (χ1n) is 2.88. The van der Waals surface area contributed by atoms with Gasteiger partial charge in [-0.15, -0.1) is 12.4 Å². The van der Waals surface area contributed by atoms with Crippen LogP contribution in [-0.4, -0.2) is 36.5 Å². The van der Waals surface area contributed by atoms with E-state index in [0.717, 1.165) is 6.04 Å². The van der Waals surface area contributed by atoms with Gasteiger partial charge in [0.05, 0.1) is 0 Å². The highest BCUT2D eigenvalue weighted by Crippen LogP contribution is 2.40. The van der Waals surface area contributed by atoms with Crippen LogP contribution in [0.5, 0.6) is 0 Å². The van der Waals surface area contributed by atoms with Crippen LogP contribution in [0, 0.1) is 0 Å². The normalized spacial score (nSPS) is 20.7. The largest absolute Gasteiger partial charge is 0.305 e. The van der Waals surface area contributed by atoms with Crippen molar-refractivity contribution in [1.29, 1.82) is 0 Å². The molecule has 0 N–H and O–H groups in total. The smallest absolute Gasteiger partial charge is 0.0288 e. The lowest BCUT2D eigenvalue weighted by molar-refractivity contribution is 0.345. The average Bonchev–Trinajstić information content (AvgIpc) is 1.90. The van der Waals surface area contributed by atoms with Crippen molar-refractivity contribution in [3.8, 4) is 0 Å². The molecule has 0 radical (unpaired) electrons. The van der Waals surface area contributed by atoms with Crippen molar-refractivity contribution in [2.45, 2.75) is 6.04 Å². The van der Waals surface area contributed by atoms with Crippen LogP contribution in [0.15, 0.2) is 0 Å². The van der Waals surface area contributed by atoms with Crippen molar-refractivity contribution >= 4 is 43.8 Å². The molecule has 0 aromatic carbocycles. The maximum atomic E-state index is 2.31. The summed E-state index contributed by atoms with van der Waals surface area (Å²) in [7, 11) is 10.2. The average molecular weight is 218 g/mol. The summed E-state index contributed by atoms with van der Waals surface area (Å²) in [5.74, 6) is 2.56. The van der Waals surface area contributed by atoms with E-state index < -0.39 is 0 Å². The molecule has 1 heterocycles. The molecule has 0 aromatic heterocycles. The Morgan fingerprint density at radius 2 is 1.70 bits per heavy atom. The molecule has 0 aromatic rings. The molecule has 1 nitrogen and oxygen atoms in total. The molecule has 10 heavy (non-hydrogen) atoms. The third-order valence-corrected chi connectivity index (χ3v) is 5.71. The topological polar surface area (TPSA) is 3.24 Å². The molecule has 5 heteroatoms. The summed E-state index contributed by atoms with van der Waals surface area (Å²) >= 11 is 0. The van der Waals surface area contributed by atoms with Crippen LogP contribution < -0.4 is 0 Å². The molecule has 1 fully saturated rings. The number of rotatable bonds is 1. The summed E-state index contributed by atoms with van der Waals surface area (Å²) < 4.78 is 0. The molecule has 0 saturated carbocycles. The molecule has 1 rings (SSSR count). The van der Waals surface area contributed by atoms with Crippen LogP contribution in [-0.2, 0) is 0 Å². The van der Waals surface area contributed by atoms with E-state index in [9.17, 15) is 0 Å². The van der Waals surface area contributed by atoms with Gasteiger partial charge in [0.15, 0.2) is 0 Å². The minimum absolute atomic E-state index is 0. The maximum absolute atomic E-state index is 2.31. The molecular formula is C5H12ClNS3. The fraction of sp³-hybridized carbons (Fsp3) is 1.00. The fourth-order valence-electron chi connectivity index (χ4n) is 0.593. The quantitative estimate of drug-likeness (QED) is 0.621. The lowest BCUT2D eigenvalue weighted by Gasteiger charge is -2.25. The second-order valence-electron chi connectivity index (χ2n) is 2.25. The van der Waals surface area contributed by atoms with Gasteiger partial charge in [0.25, 0.3) is 0 Å². The van der Waals surface area contributed by atoms with Gasteiger partial charge in [-0.1, -0.05) is 21.6 Å². The van der Waals surface area contributed by atoms with Gasteiger partial charge in [0.1, 0.15) is 0 Å². The molecule has 0 amide bonds. The molecule has 0 bridgehead atoms. The standard InChI is InChI=1S/C5H11NS3.ClH/c1-6(2)5-3-7-9-8-4-5;/h5H,3-4H2,1-2H3;1H. The molecular weight excluding hydrogens is 206 g/mol.